The minimum atomic E-state index is -0.330. The lowest BCUT2D eigenvalue weighted by Crippen LogP contribution is -2.47. The minimum absolute atomic E-state index is 0.112. The van der Waals surface area contributed by atoms with Crippen molar-refractivity contribution in [2.75, 3.05) is 13.1 Å². The molecule has 3 aromatic carbocycles. The van der Waals surface area contributed by atoms with E-state index in [9.17, 15) is 9.18 Å². The van der Waals surface area contributed by atoms with Crippen LogP contribution in [0.5, 0.6) is 0 Å². The maximum Gasteiger partial charge on any atom is 0.251 e. The third-order valence-corrected chi connectivity index (χ3v) is 5.86. The fourth-order valence-electron chi connectivity index (χ4n) is 4.39. The topological polar surface area (TPSA) is 32.3 Å². The van der Waals surface area contributed by atoms with Crippen LogP contribution in [-0.4, -0.2) is 29.9 Å². The van der Waals surface area contributed by atoms with Crippen LogP contribution in [0.3, 0.4) is 0 Å². The number of piperidine rings is 1. The SMILES string of the molecule is Cc1cc(C)cc(-c2ccc(CN3CCCC(NC(=O)c4ccc(F)cc4)C3)cc2)c1. The summed E-state index contributed by atoms with van der Waals surface area (Å²) in [6.07, 6.45) is 2.02. The van der Waals surface area contributed by atoms with E-state index in [-0.39, 0.29) is 17.8 Å². The van der Waals surface area contributed by atoms with Crippen LogP contribution in [0.2, 0.25) is 0 Å². The maximum atomic E-state index is 13.1. The number of hydrogen-bond acceptors (Lipinski definition) is 2. The van der Waals surface area contributed by atoms with E-state index in [0.717, 1.165) is 32.5 Å². The van der Waals surface area contributed by atoms with Gasteiger partial charge in [0.1, 0.15) is 5.82 Å². The van der Waals surface area contributed by atoms with Gasteiger partial charge in [0.05, 0.1) is 0 Å². The predicted molar refractivity (Wildman–Crippen MR) is 124 cm³/mol. The highest BCUT2D eigenvalue weighted by molar-refractivity contribution is 5.94. The number of nitrogens with one attached hydrogen (secondary N) is 1. The van der Waals surface area contributed by atoms with E-state index < -0.39 is 0 Å². The molecule has 0 radical (unpaired) electrons. The third kappa shape index (κ3) is 5.59. The molecule has 0 aromatic heterocycles. The van der Waals surface area contributed by atoms with Gasteiger partial charge in [0.15, 0.2) is 0 Å². The maximum absolute atomic E-state index is 13.1. The molecule has 1 unspecified atom stereocenters. The summed E-state index contributed by atoms with van der Waals surface area (Å²) in [6.45, 7) is 6.99. The van der Waals surface area contributed by atoms with Gasteiger partial charge in [0.2, 0.25) is 0 Å². The highest BCUT2D eigenvalue weighted by Crippen LogP contribution is 2.23. The van der Waals surface area contributed by atoms with Crippen molar-refractivity contribution in [2.45, 2.75) is 39.3 Å². The fourth-order valence-corrected chi connectivity index (χ4v) is 4.39. The largest absolute Gasteiger partial charge is 0.348 e. The van der Waals surface area contributed by atoms with Crippen LogP contribution >= 0.6 is 0 Å². The molecule has 1 saturated heterocycles. The van der Waals surface area contributed by atoms with E-state index in [1.165, 1.54) is 52.1 Å². The Labute approximate surface area is 183 Å². The molecule has 1 fully saturated rings. The summed E-state index contributed by atoms with van der Waals surface area (Å²) in [5.41, 5.74) is 6.82. The average Bonchev–Trinajstić information content (AvgIpc) is 2.74. The fraction of sp³-hybridized carbons (Fsp3) is 0.296. The van der Waals surface area contributed by atoms with Gasteiger partial charge in [0.25, 0.3) is 5.91 Å². The van der Waals surface area contributed by atoms with Gasteiger partial charge in [-0.05, 0) is 74.2 Å². The molecule has 31 heavy (non-hydrogen) atoms. The molecule has 3 nitrogen and oxygen atoms in total. The van der Waals surface area contributed by atoms with E-state index in [4.69, 9.17) is 0 Å². The highest BCUT2D eigenvalue weighted by Gasteiger charge is 2.22. The molecule has 3 aromatic rings. The van der Waals surface area contributed by atoms with Crippen molar-refractivity contribution in [2.24, 2.45) is 0 Å². The number of carbonyl (C=O) groups is 1. The Morgan fingerprint density at radius 3 is 2.32 bits per heavy atom. The monoisotopic (exact) mass is 416 g/mol. The van der Waals surface area contributed by atoms with Gasteiger partial charge in [-0.1, -0.05) is 53.6 Å². The molecular weight excluding hydrogens is 387 g/mol. The Bertz CT molecular complexity index is 1020. The summed E-state index contributed by atoms with van der Waals surface area (Å²) in [5, 5.41) is 3.11. The van der Waals surface area contributed by atoms with Crippen molar-refractivity contribution in [3.05, 3.63) is 94.8 Å². The molecule has 0 aliphatic carbocycles. The lowest BCUT2D eigenvalue weighted by molar-refractivity contribution is 0.0900. The molecule has 1 amide bonds. The Balaban J connectivity index is 1.35. The average molecular weight is 417 g/mol. The molecule has 160 valence electrons. The van der Waals surface area contributed by atoms with Gasteiger partial charge in [-0.15, -0.1) is 0 Å². The smallest absolute Gasteiger partial charge is 0.251 e. The van der Waals surface area contributed by atoms with Crippen LogP contribution in [0.15, 0.2) is 66.7 Å². The van der Waals surface area contributed by atoms with Crippen molar-refractivity contribution < 1.29 is 9.18 Å². The summed E-state index contributed by atoms with van der Waals surface area (Å²) in [5.74, 6) is -0.464. The number of halogens is 1. The Hall–Kier alpha value is -2.98. The second-order valence-corrected chi connectivity index (χ2v) is 8.63. The molecule has 0 bridgehead atoms. The van der Waals surface area contributed by atoms with E-state index >= 15 is 0 Å². The minimum Gasteiger partial charge on any atom is -0.348 e. The number of hydrogen-bond donors (Lipinski definition) is 1. The van der Waals surface area contributed by atoms with E-state index in [0.29, 0.717) is 5.56 Å². The van der Waals surface area contributed by atoms with Crippen molar-refractivity contribution in [3.8, 4) is 11.1 Å². The van der Waals surface area contributed by atoms with Gasteiger partial charge < -0.3 is 5.32 Å². The van der Waals surface area contributed by atoms with E-state index in [2.05, 4.69) is 66.5 Å². The summed E-state index contributed by atoms with van der Waals surface area (Å²) in [6, 6.07) is 21.3. The zero-order valence-corrected chi connectivity index (χ0v) is 18.2. The normalized spacial score (nSPS) is 16.8. The number of aryl methyl sites for hydroxylation is 2. The first-order valence-corrected chi connectivity index (χ1v) is 10.9. The van der Waals surface area contributed by atoms with Gasteiger partial charge >= 0.3 is 0 Å². The third-order valence-electron chi connectivity index (χ3n) is 5.86. The van der Waals surface area contributed by atoms with E-state index in [1.807, 2.05) is 0 Å². The van der Waals surface area contributed by atoms with Gasteiger partial charge in [-0.3, -0.25) is 9.69 Å². The van der Waals surface area contributed by atoms with Crippen molar-refractivity contribution in [3.63, 3.8) is 0 Å². The predicted octanol–water partition coefficient (Wildman–Crippen LogP) is 5.50. The quantitative estimate of drug-likeness (QED) is 0.595. The van der Waals surface area contributed by atoms with Crippen LogP contribution in [0.25, 0.3) is 11.1 Å². The molecule has 1 N–H and O–H groups in total. The van der Waals surface area contributed by atoms with Gasteiger partial charge in [-0.2, -0.15) is 0 Å². The number of rotatable bonds is 5. The number of amides is 1. The number of likely N-dealkylation sites (tertiary alicyclic amines) is 1. The first-order valence-electron chi connectivity index (χ1n) is 10.9. The van der Waals surface area contributed by atoms with Crippen molar-refractivity contribution >= 4 is 5.91 Å². The van der Waals surface area contributed by atoms with Gasteiger partial charge in [0, 0.05) is 24.7 Å². The first-order chi connectivity index (χ1) is 15.0. The standard InChI is InChI=1S/C27H29FN2O/c1-19-14-20(2)16-24(15-19)22-7-5-21(6-8-22)17-30-13-3-4-26(18-30)29-27(31)23-9-11-25(28)12-10-23/h5-12,14-16,26H,3-4,13,17-18H2,1-2H3,(H,29,31). The second-order valence-electron chi connectivity index (χ2n) is 8.63. The van der Waals surface area contributed by atoms with Crippen LogP contribution in [0, 0.1) is 19.7 Å². The molecule has 4 rings (SSSR count). The lowest BCUT2D eigenvalue weighted by atomic mass is 9.99. The molecular formula is C27H29FN2O. The Kier molecular flexibility index (Phi) is 6.47. The molecule has 1 atom stereocenters. The van der Waals surface area contributed by atoms with Crippen LogP contribution in [0.1, 0.15) is 39.9 Å². The molecule has 4 heteroatoms. The zero-order chi connectivity index (χ0) is 21.8. The zero-order valence-electron chi connectivity index (χ0n) is 18.2. The number of carbonyl (C=O) groups excluding carboxylic acids is 1. The van der Waals surface area contributed by atoms with Crippen LogP contribution in [-0.2, 0) is 6.54 Å². The molecule has 0 saturated carbocycles. The summed E-state index contributed by atoms with van der Waals surface area (Å²) in [4.78, 5) is 14.9. The van der Waals surface area contributed by atoms with Crippen molar-refractivity contribution in [1.29, 1.82) is 0 Å². The molecule has 0 spiro atoms. The second kappa shape index (κ2) is 9.44. The van der Waals surface area contributed by atoms with Crippen LogP contribution < -0.4 is 5.32 Å². The lowest BCUT2D eigenvalue weighted by Gasteiger charge is -2.33. The Morgan fingerprint density at radius 1 is 0.968 bits per heavy atom. The number of nitrogens with zero attached hydrogens (tertiary/aromatic N) is 1. The summed E-state index contributed by atoms with van der Waals surface area (Å²) >= 11 is 0. The first kappa shape index (κ1) is 21.3. The van der Waals surface area contributed by atoms with Gasteiger partial charge in [-0.25, -0.2) is 4.39 Å². The molecule has 1 aliphatic rings. The highest BCUT2D eigenvalue weighted by atomic mass is 19.1. The van der Waals surface area contributed by atoms with Crippen molar-refractivity contribution in [1.82, 2.24) is 10.2 Å². The molecule has 1 aliphatic heterocycles. The summed E-state index contributed by atoms with van der Waals surface area (Å²) in [7, 11) is 0. The van der Waals surface area contributed by atoms with Crippen LogP contribution in [0.4, 0.5) is 4.39 Å². The summed E-state index contributed by atoms with van der Waals surface area (Å²) < 4.78 is 13.1. The Morgan fingerprint density at radius 2 is 1.65 bits per heavy atom. The molecule has 1 heterocycles. The number of benzene rings is 3. The van der Waals surface area contributed by atoms with E-state index in [1.54, 1.807) is 0 Å².